The van der Waals surface area contributed by atoms with Crippen molar-refractivity contribution < 1.29 is 8.95 Å². The lowest BCUT2D eigenvalue weighted by atomic mass is 9.94. The maximum Gasteiger partial charge on any atom is 0.118 e. The first-order chi connectivity index (χ1) is 10.3. The number of epoxide rings is 1. The van der Waals surface area contributed by atoms with Crippen LogP contribution in [0.15, 0.2) is 64.4 Å². The number of hydrogen-bond acceptors (Lipinski definition) is 2. The van der Waals surface area contributed by atoms with Crippen molar-refractivity contribution in [3.63, 3.8) is 0 Å². The van der Waals surface area contributed by atoms with Crippen molar-refractivity contribution in [2.75, 3.05) is 6.61 Å². The molecule has 0 unspecified atom stereocenters. The summed E-state index contributed by atoms with van der Waals surface area (Å²) in [5.41, 5.74) is 0.900. The lowest BCUT2D eigenvalue weighted by Gasteiger charge is -2.16. The number of ether oxygens (including phenoxy) is 1. The molecule has 0 saturated carbocycles. The van der Waals surface area contributed by atoms with Gasteiger partial charge >= 0.3 is 0 Å². The lowest BCUT2D eigenvalue weighted by molar-refractivity contribution is 0.284. The van der Waals surface area contributed by atoms with E-state index >= 15 is 0 Å². The van der Waals surface area contributed by atoms with Crippen LogP contribution in [0.2, 0.25) is 0 Å². The van der Waals surface area contributed by atoms with E-state index in [1.165, 1.54) is 0 Å². The molecule has 0 bridgehead atoms. The van der Waals surface area contributed by atoms with Crippen LogP contribution in [0.5, 0.6) is 0 Å². The van der Waals surface area contributed by atoms with Gasteiger partial charge in [0.25, 0.3) is 0 Å². The van der Waals surface area contributed by atoms with Crippen LogP contribution in [-0.2, 0) is 21.1 Å². The first-order valence-electron chi connectivity index (χ1n) is 7.47. The molecule has 2 nitrogen and oxygen atoms in total. The van der Waals surface area contributed by atoms with E-state index in [4.69, 9.17) is 4.74 Å². The van der Waals surface area contributed by atoms with Gasteiger partial charge in [0.2, 0.25) is 0 Å². The Labute approximate surface area is 128 Å². The van der Waals surface area contributed by atoms with E-state index in [-0.39, 0.29) is 5.60 Å². The molecule has 0 aliphatic carbocycles. The zero-order chi connectivity index (χ0) is 14.7. The van der Waals surface area contributed by atoms with Gasteiger partial charge in [-0.1, -0.05) is 56.2 Å². The van der Waals surface area contributed by atoms with Crippen LogP contribution in [0.25, 0.3) is 0 Å². The molecule has 1 fully saturated rings. The van der Waals surface area contributed by atoms with Crippen molar-refractivity contribution in [1.29, 1.82) is 0 Å². The van der Waals surface area contributed by atoms with Crippen molar-refractivity contribution in [3.8, 4) is 0 Å². The minimum atomic E-state index is -1.15. The predicted molar refractivity (Wildman–Crippen MR) is 84.7 cm³/mol. The normalized spacial score (nSPS) is 22.0. The van der Waals surface area contributed by atoms with Gasteiger partial charge in [-0.05, 0) is 24.6 Å². The molecule has 2 aromatic carbocycles. The van der Waals surface area contributed by atoms with Gasteiger partial charge < -0.3 is 4.74 Å². The van der Waals surface area contributed by atoms with Gasteiger partial charge in [-0.15, -0.1) is 0 Å². The average Bonchev–Trinajstić information content (AvgIpc) is 3.34. The summed E-state index contributed by atoms with van der Waals surface area (Å²) in [6.07, 6.45) is 3.29. The monoisotopic (exact) mass is 300 g/mol. The van der Waals surface area contributed by atoms with E-state index in [9.17, 15) is 4.21 Å². The molecule has 2 atom stereocenters. The summed E-state index contributed by atoms with van der Waals surface area (Å²) in [5.74, 6) is 0. The molecule has 110 valence electrons. The summed E-state index contributed by atoms with van der Waals surface area (Å²) in [4.78, 5) is 1.73. The summed E-state index contributed by atoms with van der Waals surface area (Å²) in [6, 6.07) is 17.6. The molecule has 2 aromatic rings. The maximum absolute atomic E-state index is 12.9. The van der Waals surface area contributed by atoms with Crippen molar-refractivity contribution in [2.45, 2.75) is 41.6 Å². The molecule has 0 N–H and O–H groups in total. The lowest BCUT2D eigenvalue weighted by Crippen LogP contribution is -2.12. The summed E-state index contributed by atoms with van der Waals surface area (Å²) in [5, 5.41) is 0. The van der Waals surface area contributed by atoms with E-state index in [2.05, 4.69) is 13.0 Å². The number of benzene rings is 2. The van der Waals surface area contributed by atoms with Gasteiger partial charge in [0, 0.05) is 15.4 Å². The molecular weight excluding hydrogens is 280 g/mol. The Morgan fingerprint density at radius 2 is 1.76 bits per heavy atom. The van der Waals surface area contributed by atoms with E-state index < -0.39 is 10.8 Å². The highest BCUT2D eigenvalue weighted by Crippen LogP contribution is 2.45. The van der Waals surface area contributed by atoms with Crippen LogP contribution >= 0.6 is 0 Å². The Morgan fingerprint density at radius 3 is 2.43 bits per heavy atom. The number of rotatable bonds is 6. The Balaban J connectivity index is 1.95. The summed E-state index contributed by atoms with van der Waals surface area (Å²) < 4.78 is 18.6. The van der Waals surface area contributed by atoms with Crippen LogP contribution in [0, 0.1) is 0 Å². The molecule has 0 aromatic heterocycles. The summed E-state index contributed by atoms with van der Waals surface area (Å²) in [7, 11) is -1.15. The largest absolute Gasteiger partial charge is 0.364 e. The predicted octanol–water partition coefficient (Wildman–Crippen LogP) is 4.27. The molecule has 3 rings (SSSR count). The molecule has 3 heteroatoms. The molecule has 0 radical (unpaired) electrons. The van der Waals surface area contributed by atoms with Gasteiger partial charge in [0.1, 0.15) is 5.60 Å². The Morgan fingerprint density at radius 1 is 1.10 bits per heavy atom. The third-order valence-corrected chi connectivity index (χ3v) is 5.42. The van der Waals surface area contributed by atoms with Gasteiger partial charge in [-0.2, -0.15) is 0 Å². The van der Waals surface area contributed by atoms with Crippen LogP contribution in [-0.4, -0.2) is 10.8 Å². The van der Waals surface area contributed by atoms with E-state index in [0.29, 0.717) is 0 Å². The van der Waals surface area contributed by atoms with Gasteiger partial charge in [0.15, 0.2) is 0 Å². The summed E-state index contributed by atoms with van der Waals surface area (Å²) in [6.45, 7) is 2.93. The van der Waals surface area contributed by atoms with Crippen molar-refractivity contribution in [1.82, 2.24) is 0 Å². The second-order valence-corrected chi connectivity index (χ2v) is 6.91. The fourth-order valence-electron chi connectivity index (χ4n) is 2.66. The summed E-state index contributed by atoms with van der Waals surface area (Å²) >= 11 is 0. The maximum atomic E-state index is 12.9. The van der Waals surface area contributed by atoms with Crippen LogP contribution in [0.4, 0.5) is 0 Å². The molecule has 1 aliphatic heterocycles. The molecule has 1 saturated heterocycles. The smallest absolute Gasteiger partial charge is 0.118 e. The second-order valence-electron chi connectivity index (χ2n) is 5.46. The van der Waals surface area contributed by atoms with E-state index in [0.717, 1.165) is 41.2 Å². The third kappa shape index (κ3) is 2.94. The number of hydrogen-bond donors (Lipinski definition) is 0. The van der Waals surface area contributed by atoms with Crippen LogP contribution in [0.3, 0.4) is 0 Å². The van der Waals surface area contributed by atoms with Crippen LogP contribution in [0.1, 0.15) is 31.7 Å². The van der Waals surface area contributed by atoms with Gasteiger partial charge in [-0.25, -0.2) is 4.21 Å². The van der Waals surface area contributed by atoms with Crippen LogP contribution < -0.4 is 0 Å². The highest BCUT2D eigenvalue weighted by atomic mass is 32.2. The molecule has 0 spiro atoms. The minimum Gasteiger partial charge on any atom is -0.364 e. The zero-order valence-corrected chi connectivity index (χ0v) is 13.1. The number of unbranched alkanes of at least 4 members (excludes halogenated alkanes) is 1. The van der Waals surface area contributed by atoms with E-state index in [1.807, 2.05) is 48.5 Å². The molecule has 1 aliphatic rings. The van der Waals surface area contributed by atoms with Crippen molar-refractivity contribution in [2.24, 2.45) is 0 Å². The Bertz CT molecular complexity index is 633. The fourth-order valence-corrected chi connectivity index (χ4v) is 3.97. The minimum absolute atomic E-state index is 0.197. The van der Waals surface area contributed by atoms with Gasteiger partial charge in [0.05, 0.1) is 17.4 Å². The average molecular weight is 300 g/mol. The van der Waals surface area contributed by atoms with Crippen molar-refractivity contribution in [3.05, 3.63) is 60.2 Å². The standard InChI is InChI=1S/C18H20O2S/c1-2-3-13-18(14-20-18)16-11-7-8-12-17(16)21(19)15-9-5-4-6-10-15/h4-12H,2-3,13-14H2,1H3/t18-,21+/m1/s1. The fraction of sp³-hybridized carbons (Fsp3) is 0.333. The molecule has 0 amide bonds. The van der Waals surface area contributed by atoms with E-state index in [1.54, 1.807) is 0 Å². The Kier molecular flexibility index (Phi) is 4.22. The molecule has 21 heavy (non-hydrogen) atoms. The third-order valence-electron chi connectivity index (χ3n) is 3.96. The first kappa shape index (κ1) is 14.5. The van der Waals surface area contributed by atoms with Crippen molar-refractivity contribution >= 4 is 10.8 Å². The molecule has 1 heterocycles. The highest BCUT2D eigenvalue weighted by molar-refractivity contribution is 7.85. The second kappa shape index (κ2) is 6.12. The molecular formula is C18H20O2S. The first-order valence-corrected chi connectivity index (χ1v) is 8.62. The SMILES string of the molecule is CCCC[C@]1(c2ccccc2[S@@](=O)c2ccccc2)CO1. The quantitative estimate of drug-likeness (QED) is 0.746. The Hall–Kier alpha value is -1.45. The zero-order valence-electron chi connectivity index (χ0n) is 12.2. The highest BCUT2D eigenvalue weighted by Gasteiger charge is 2.47. The van der Waals surface area contributed by atoms with Gasteiger partial charge in [-0.3, -0.25) is 0 Å². The topological polar surface area (TPSA) is 29.6 Å².